The topological polar surface area (TPSA) is 38.0 Å². The molecule has 0 atom stereocenters. The molecule has 0 heterocycles. The normalized spacial score (nSPS) is 10.2. The Hall–Kier alpha value is -1.55. The molecule has 0 aliphatic carbocycles. The minimum absolute atomic E-state index is 0.324. The maximum Gasteiger partial charge on any atom is 0.125 e. The lowest BCUT2D eigenvalue weighted by Gasteiger charge is -2.09. The summed E-state index contributed by atoms with van der Waals surface area (Å²) in [6.45, 7) is 0.648. The number of hydrogen-bond acceptors (Lipinski definition) is 2. The van der Waals surface area contributed by atoms with E-state index in [9.17, 15) is 4.39 Å². The maximum absolute atomic E-state index is 12.8. The highest BCUT2D eigenvalue weighted by molar-refractivity contribution is 9.10. The van der Waals surface area contributed by atoms with E-state index in [-0.39, 0.29) is 5.82 Å². The zero-order valence-electron chi connectivity index (χ0n) is 9.08. The summed E-state index contributed by atoms with van der Waals surface area (Å²) in [5, 5.41) is 3.17. The van der Waals surface area contributed by atoms with Crippen LogP contribution in [0.2, 0.25) is 0 Å². The quantitative estimate of drug-likeness (QED) is 0.846. The first-order valence-electron chi connectivity index (χ1n) is 5.18. The molecule has 0 radical (unpaired) electrons. The number of nitrogens with two attached hydrogens (primary N) is 1. The third kappa shape index (κ3) is 3.20. The van der Waals surface area contributed by atoms with E-state index < -0.39 is 0 Å². The predicted octanol–water partition coefficient (Wildman–Crippen LogP) is 3.78. The van der Waals surface area contributed by atoms with Crippen molar-refractivity contribution in [2.45, 2.75) is 6.54 Å². The summed E-state index contributed by atoms with van der Waals surface area (Å²) in [6.07, 6.45) is 0. The molecule has 2 aromatic carbocycles. The second kappa shape index (κ2) is 5.19. The standard InChI is InChI=1S/C13H12BrFN2/c14-10-3-1-2-9(6-10)8-17-13-5-4-11(15)7-12(13)16/h1-7,17H,8,16H2. The summed E-state index contributed by atoms with van der Waals surface area (Å²) in [7, 11) is 0. The average molecular weight is 295 g/mol. The minimum Gasteiger partial charge on any atom is -0.397 e. The van der Waals surface area contributed by atoms with Gasteiger partial charge in [0.2, 0.25) is 0 Å². The second-order valence-corrected chi connectivity index (χ2v) is 4.63. The van der Waals surface area contributed by atoms with E-state index in [4.69, 9.17) is 5.73 Å². The molecule has 0 saturated heterocycles. The lowest BCUT2D eigenvalue weighted by atomic mass is 10.2. The van der Waals surface area contributed by atoms with Crippen molar-refractivity contribution in [3.63, 3.8) is 0 Å². The molecule has 0 fully saturated rings. The van der Waals surface area contributed by atoms with Gasteiger partial charge in [-0.2, -0.15) is 0 Å². The van der Waals surface area contributed by atoms with Crippen molar-refractivity contribution in [1.29, 1.82) is 0 Å². The van der Waals surface area contributed by atoms with Gasteiger partial charge in [0.05, 0.1) is 11.4 Å². The summed E-state index contributed by atoms with van der Waals surface area (Å²) in [4.78, 5) is 0. The van der Waals surface area contributed by atoms with E-state index in [1.54, 1.807) is 6.07 Å². The van der Waals surface area contributed by atoms with Gasteiger partial charge in [-0.1, -0.05) is 28.1 Å². The van der Waals surface area contributed by atoms with Gasteiger partial charge in [-0.25, -0.2) is 4.39 Å². The van der Waals surface area contributed by atoms with Crippen LogP contribution in [-0.2, 0) is 6.54 Å². The zero-order valence-corrected chi connectivity index (χ0v) is 10.7. The van der Waals surface area contributed by atoms with Crippen molar-refractivity contribution in [3.05, 3.63) is 58.3 Å². The first kappa shape index (κ1) is 11.9. The number of rotatable bonds is 3. The van der Waals surface area contributed by atoms with Crippen LogP contribution < -0.4 is 11.1 Å². The Labute approximate surface area is 108 Å². The largest absolute Gasteiger partial charge is 0.397 e. The highest BCUT2D eigenvalue weighted by Gasteiger charge is 2.00. The fourth-order valence-corrected chi connectivity index (χ4v) is 1.99. The second-order valence-electron chi connectivity index (χ2n) is 3.72. The first-order chi connectivity index (χ1) is 8.15. The third-order valence-corrected chi connectivity index (χ3v) is 2.88. The summed E-state index contributed by atoms with van der Waals surface area (Å²) < 4.78 is 13.9. The summed E-state index contributed by atoms with van der Waals surface area (Å²) in [6, 6.07) is 12.3. The molecular formula is C13H12BrFN2. The van der Waals surface area contributed by atoms with Crippen molar-refractivity contribution in [3.8, 4) is 0 Å². The van der Waals surface area contributed by atoms with Crippen LogP contribution >= 0.6 is 15.9 Å². The summed E-state index contributed by atoms with van der Waals surface area (Å²) >= 11 is 3.41. The van der Waals surface area contributed by atoms with E-state index in [1.807, 2.05) is 24.3 Å². The number of nitrogen functional groups attached to an aromatic ring is 1. The molecule has 3 N–H and O–H groups in total. The number of nitrogens with one attached hydrogen (secondary N) is 1. The average Bonchev–Trinajstić information content (AvgIpc) is 2.28. The van der Waals surface area contributed by atoms with E-state index in [1.165, 1.54) is 12.1 Å². The Balaban J connectivity index is 2.07. The molecule has 0 aliphatic heterocycles. The molecule has 0 saturated carbocycles. The highest BCUT2D eigenvalue weighted by atomic mass is 79.9. The van der Waals surface area contributed by atoms with Gasteiger partial charge in [0.15, 0.2) is 0 Å². The van der Waals surface area contributed by atoms with Gasteiger partial charge >= 0.3 is 0 Å². The number of benzene rings is 2. The molecule has 0 aliphatic rings. The van der Waals surface area contributed by atoms with Crippen LogP contribution in [0.15, 0.2) is 46.9 Å². The lowest BCUT2D eigenvalue weighted by Crippen LogP contribution is -2.02. The fraction of sp³-hybridized carbons (Fsp3) is 0.0769. The fourth-order valence-electron chi connectivity index (χ4n) is 1.54. The smallest absolute Gasteiger partial charge is 0.125 e. The van der Waals surface area contributed by atoms with E-state index in [0.717, 1.165) is 15.7 Å². The first-order valence-corrected chi connectivity index (χ1v) is 5.98. The molecule has 2 aromatic rings. The third-order valence-electron chi connectivity index (χ3n) is 2.39. The molecule has 0 unspecified atom stereocenters. The van der Waals surface area contributed by atoms with Crippen molar-refractivity contribution >= 4 is 27.3 Å². The number of hydrogen-bond donors (Lipinski definition) is 2. The van der Waals surface area contributed by atoms with Crippen molar-refractivity contribution < 1.29 is 4.39 Å². The van der Waals surface area contributed by atoms with Crippen LogP contribution in [0.4, 0.5) is 15.8 Å². The van der Waals surface area contributed by atoms with Crippen molar-refractivity contribution in [2.24, 2.45) is 0 Å². The summed E-state index contributed by atoms with van der Waals surface area (Å²) in [5.41, 5.74) is 7.99. The van der Waals surface area contributed by atoms with Crippen LogP contribution in [0, 0.1) is 5.82 Å². The van der Waals surface area contributed by atoms with E-state index in [2.05, 4.69) is 21.2 Å². The summed E-state index contributed by atoms with van der Waals surface area (Å²) in [5.74, 6) is -0.324. The molecule has 0 aromatic heterocycles. The van der Waals surface area contributed by atoms with Crippen molar-refractivity contribution in [1.82, 2.24) is 0 Å². The van der Waals surface area contributed by atoms with E-state index >= 15 is 0 Å². The zero-order chi connectivity index (χ0) is 12.3. The Morgan fingerprint density at radius 2 is 2.00 bits per heavy atom. The van der Waals surface area contributed by atoms with Crippen molar-refractivity contribution in [2.75, 3.05) is 11.1 Å². The molecule has 0 spiro atoms. The Bertz CT molecular complexity index is 529. The number of anilines is 2. The van der Waals surface area contributed by atoms with Gasteiger partial charge < -0.3 is 11.1 Å². The van der Waals surface area contributed by atoms with Gasteiger partial charge in [-0.15, -0.1) is 0 Å². The monoisotopic (exact) mass is 294 g/mol. The molecule has 0 bridgehead atoms. The van der Waals surface area contributed by atoms with Gasteiger partial charge in [0, 0.05) is 11.0 Å². The molecule has 4 heteroatoms. The van der Waals surface area contributed by atoms with Crippen LogP contribution in [-0.4, -0.2) is 0 Å². The van der Waals surface area contributed by atoms with Gasteiger partial charge in [-0.05, 0) is 35.9 Å². The lowest BCUT2D eigenvalue weighted by molar-refractivity contribution is 0.628. The van der Waals surface area contributed by atoms with Gasteiger partial charge in [0.25, 0.3) is 0 Å². The number of halogens is 2. The maximum atomic E-state index is 12.8. The SMILES string of the molecule is Nc1cc(F)ccc1NCc1cccc(Br)c1. The molecule has 0 amide bonds. The van der Waals surface area contributed by atoms with Gasteiger partial charge in [0.1, 0.15) is 5.82 Å². The van der Waals surface area contributed by atoms with Crippen LogP contribution in [0.1, 0.15) is 5.56 Å². The molecule has 88 valence electrons. The predicted molar refractivity (Wildman–Crippen MR) is 72.3 cm³/mol. The van der Waals surface area contributed by atoms with Gasteiger partial charge in [-0.3, -0.25) is 0 Å². The Kier molecular flexibility index (Phi) is 3.64. The molecule has 17 heavy (non-hydrogen) atoms. The molecule has 2 rings (SSSR count). The van der Waals surface area contributed by atoms with Crippen LogP contribution in [0.5, 0.6) is 0 Å². The highest BCUT2D eigenvalue weighted by Crippen LogP contribution is 2.20. The Morgan fingerprint density at radius 3 is 2.71 bits per heavy atom. The minimum atomic E-state index is -0.324. The molecular weight excluding hydrogens is 283 g/mol. The van der Waals surface area contributed by atoms with E-state index in [0.29, 0.717) is 12.2 Å². The van der Waals surface area contributed by atoms with Crippen LogP contribution in [0.3, 0.4) is 0 Å². The Morgan fingerprint density at radius 1 is 1.18 bits per heavy atom. The van der Waals surface area contributed by atoms with Crippen LogP contribution in [0.25, 0.3) is 0 Å². The molecule has 2 nitrogen and oxygen atoms in total.